The largest absolute Gasteiger partial charge is 0.451 e. The van der Waals surface area contributed by atoms with Crippen molar-refractivity contribution in [2.45, 2.75) is 19.8 Å². The number of rotatable bonds is 5. The molecule has 3 nitrogen and oxygen atoms in total. The predicted octanol–water partition coefficient (Wildman–Crippen LogP) is 3.64. The summed E-state index contributed by atoms with van der Waals surface area (Å²) in [6, 6.07) is 7.19. The molecule has 0 fully saturated rings. The molecule has 96 valence electrons. The van der Waals surface area contributed by atoms with E-state index < -0.39 is 0 Å². The van der Waals surface area contributed by atoms with Gasteiger partial charge in [-0.1, -0.05) is 37.1 Å². The smallest absolute Gasteiger partial charge is 0.202 e. The Morgan fingerprint density at radius 3 is 2.89 bits per heavy atom. The van der Waals surface area contributed by atoms with Crippen molar-refractivity contribution in [2.75, 3.05) is 6.54 Å². The summed E-state index contributed by atoms with van der Waals surface area (Å²) in [6.45, 7) is 2.38. The van der Waals surface area contributed by atoms with Crippen molar-refractivity contribution in [1.29, 1.82) is 0 Å². The van der Waals surface area contributed by atoms with Gasteiger partial charge in [-0.05, 0) is 18.6 Å². The highest BCUT2D eigenvalue weighted by Gasteiger charge is 2.21. The van der Waals surface area contributed by atoms with Gasteiger partial charge in [-0.25, -0.2) is 0 Å². The lowest BCUT2D eigenvalue weighted by Gasteiger charge is -2.09. The number of carbonyl (C=O) groups excluding carboxylic acids is 1. The van der Waals surface area contributed by atoms with E-state index in [2.05, 4.69) is 0 Å². The van der Waals surface area contributed by atoms with Crippen LogP contribution < -0.4 is 5.73 Å². The maximum atomic E-state index is 12.2. The number of carbonyl (C=O) groups is 1. The Morgan fingerprint density at radius 1 is 1.50 bits per heavy atom. The van der Waals surface area contributed by atoms with Crippen molar-refractivity contribution in [3.8, 4) is 0 Å². The van der Waals surface area contributed by atoms with Crippen molar-refractivity contribution in [1.82, 2.24) is 0 Å². The van der Waals surface area contributed by atoms with E-state index in [1.165, 1.54) is 0 Å². The minimum atomic E-state index is -0.172. The third-order valence-corrected chi connectivity index (χ3v) is 3.33. The van der Waals surface area contributed by atoms with E-state index in [1.807, 2.05) is 19.1 Å². The second kappa shape index (κ2) is 5.55. The van der Waals surface area contributed by atoms with Gasteiger partial charge in [-0.3, -0.25) is 4.79 Å². The average molecular weight is 266 g/mol. The van der Waals surface area contributed by atoms with E-state index >= 15 is 0 Å². The van der Waals surface area contributed by atoms with E-state index in [-0.39, 0.29) is 11.7 Å². The number of fused-ring (bicyclic) bond motifs is 1. The van der Waals surface area contributed by atoms with Crippen LogP contribution >= 0.6 is 11.6 Å². The molecule has 0 spiro atoms. The number of furan rings is 1. The molecule has 0 saturated heterocycles. The number of benzene rings is 1. The fraction of sp³-hybridized carbons (Fsp3) is 0.357. The van der Waals surface area contributed by atoms with E-state index in [4.69, 9.17) is 21.8 Å². The fourth-order valence-corrected chi connectivity index (χ4v) is 2.27. The number of halogens is 1. The lowest BCUT2D eigenvalue weighted by Crippen LogP contribution is -2.23. The summed E-state index contributed by atoms with van der Waals surface area (Å²) in [5, 5.41) is 1.37. The topological polar surface area (TPSA) is 56.2 Å². The monoisotopic (exact) mass is 265 g/mol. The Morgan fingerprint density at radius 2 is 2.28 bits per heavy atom. The fourth-order valence-electron chi connectivity index (χ4n) is 2.05. The lowest BCUT2D eigenvalue weighted by atomic mass is 9.97. The van der Waals surface area contributed by atoms with Crippen LogP contribution in [0.5, 0.6) is 0 Å². The first kappa shape index (κ1) is 13.1. The SMILES string of the molecule is CCCC(CN)C(=O)c1cc2cccc(Cl)c2o1. The molecule has 1 aromatic carbocycles. The van der Waals surface area contributed by atoms with Gasteiger partial charge >= 0.3 is 0 Å². The zero-order valence-corrected chi connectivity index (χ0v) is 11.0. The van der Waals surface area contributed by atoms with Crippen LogP contribution in [0.2, 0.25) is 5.02 Å². The summed E-state index contributed by atoms with van der Waals surface area (Å²) in [7, 11) is 0. The van der Waals surface area contributed by atoms with Gasteiger partial charge in [0.25, 0.3) is 0 Å². The highest BCUT2D eigenvalue weighted by atomic mass is 35.5. The van der Waals surface area contributed by atoms with Crippen LogP contribution in [0.25, 0.3) is 11.0 Å². The zero-order valence-electron chi connectivity index (χ0n) is 10.3. The van der Waals surface area contributed by atoms with Crippen molar-refractivity contribution in [2.24, 2.45) is 11.7 Å². The van der Waals surface area contributed by atoms with E-state index in [0.717, 1.165) is 18.2 Å². The molecule has 0 bridgehead atoms. The van der Waals surface area contributed by atoms with Gasteiger partial charge in [0, 0.05) is 17.8 Å². The van der Waals surface area contributed by atoms with Crippen LogP contribution in [0.15, 0.2) is 28.7 Å². The molecule has 0 aliphatic carbocycles. The van der Waals surface area contributed by atoms with Gasteiger partial charge < -0.3 is 10.2 Å². The van der Waals surface area contributed by atoms with Crippen LogP contribution in [0, 0.1) is 5.92 Å². The summed E-state index contributed by atoms with van der Waals surface area (Å²) < 4.78 is 5.55. The molecule has 0 aliphatic heterocycles. The summed E-state index contributed by atoms with van der Waals surface area (Å²) >= 11 is 6.02. The molecule has 0 aliphatic rings. The molecule has 1 unspecified atom stereocenters. The van der Waals surface area contributed by atoms with Crippen LogP contribution in [-0.4, -0.2) is 12.3 Å². The molecular formula is C14H16ClNO2. The predicted molar refractivity (Wildman–Crippen MR) is 73.0 cm³/mol. The Balaban J connectivity index is 2.36. The quantitative estimate of drug-likeness (QED) is 0.840. The van der Waals surface area contributed by atoms with Crippen molar-refractivity contribution < 1.29 is 9.21 Å². The van der Waals surface area contributed by atoms with Crippen molar-refractivity contribution >= 4 is 28.4 Å². The Hall–Kier alpha value is -1.32. The Kier molecular flexibility index (Phi) is 4.04. The van der Waals surface area contributed by atoms with Crippen LogP contribution in [0.4, 0.5) is 0 Å². The summed E-state index contributed by atoms with van der Waals surface area (Å²) in [5.74, 6) is 0.142. The summed E-state index contributed by atoms with van der Waals surface area (Å²) in [4.78, 5) is 12.2. The molecule has 2 aromatic rings. The van der Waals surface area contributed by atoms with Crippen LogP contribution in [0.1, 0.15) is 30.3 Å². The van der Waals surface area contributed by atoms with Gasteiger partial charge in [-0.15, -0.1) is 0 Å². The molecule has 18 heavy (non-hydrogen) atoms. The maximum Gasteiger partial charge on any atom is 0.202 e. The molecule has 1 aromatic heterocycles. The first-order valence-corrected chi connectivity index (χ1v) is 6.47. The molecule has 4 heteroatoms. The van der Waals surface area contributed by atoms with Gasteiger partial charge in [0.1, 0.15) is 0 Å². The molecule has 2 N–H and O–H groups in total. The highest BCUT2D eigenvalue weighted by molar-refractivity contribution is 6.34. The third kappa shape index (κ3) is 2.42. The Bertz CT molecular complexity index is 562. The van der Waals surface area contributed by atoms with Crippen molar-refractivity contribution in [3.63, 3.8) is 0 Å². The maximum absolute atomic E-state index is 12.2. The second-order valence-electron chi connectivity index (χ2n) is 4.35. The van der Waals surface area contributed by atoms with Crippen molar-refractivity contribution in [3.05, 3.63) is 35.0 Å². The molecule has 0 radical (unpaired) electrons. The lowest BCUT2D eigenvalue weighted by molar-refractivity contribution is 0.0891. The van der Waals surface area contributed by atoms with Crippen LogP contribution in [-0.2, 0) is 0 Å². The minimum absolute atomic E-state index is 0.0355. The molecular weight excluding hydrogens is 250 g/mol. The van der Waals surface area contributed by atoms with E-state index in [0.29, 0.717) is 22.9 Å². The average Bonchev–Trinajstić information content (AvgIpc) is 2.80. The minimum Gasteiger partial charge on any atom is -0.451 e. The van der Waals surface area contributed by atoms with Gasteiger partial charge in [-0.2, -0.15) is 0 Å². The zero-order chi connectivity index (χ0) is 13.1. The molecule has 0 amide bonds. The highest BCUT2D eigenvalue weighted by Crippen LogP contribution is 2.28. The van der Waals surface area contributed by atoms with Gasteiger partial charge in [0.15, 0.2) is 11.3 Å². The number of para-hydroxylation sites is 1. The van der Waals surface area contributed by atoms with Gasteiger partial charge in [0.2, 0.25) is 5.78 Å². The number of Topliss-reactive ketones (excluding diaryl/α,β-unsaturated/α-hetero) is 1. The first-order chi connectivity index (χ1) is 8.67. The molecule has 2 rings (SSSR count). The standard InChI is InChI=1S/C14H16ClNO2/c1-2-4-10(8-16)13(17)12-7-9-5-3-6-11(15)14(9)18-12/h3,5-7,10H,2,4,8,16H2,1H3. The molecule has 0 saturated carbocycles. The van der Waals surface area contributed by atoms with E-state index in [1.54, 1.807) is 12.1 Å². The Labute approximate surface area is 111 Å². The number of hydrogen-bond donors (Lipinski definition) is 1. The summed E-state index contributed by atoms with van der Waals surface area (Å²) in [5.41, 5.74) is 6.20. The van der Waals surface area contributed by atoms with Crippen LogP contribution in [0.3, 0.4) is 0 Å². The van der Waals surface area contributed by atoms with E-state index in [9.17, 15) is 4.79 Å². The molecule has 1 heterocycles. The number of nitrogens with two attached hydrogens (primary N) is 1. The van der Waals surface area contributed by atoms with Gasteiger partial charge in [0.05, 0.1) is 5.02 Å². The molecule has 1 atom stereocenters. The summed E-state index contributed by atoms with van der Waals surface area (Å²) in [6.07, 6.45) is 1.70. The third-order valence-electron chi connectivity index (χ3n) is 3.03. The normalized spacial score (nSPS) is 12.8. The second-order valence-corrected chi connectivity index (χ2v) is 4.76. The first-order valence-electron chi connectivity index (χ1n) is 6.09. The number of ketones is 1. The number of hydrogen-bond acceptors (Lipinski definition) is 3.